The molecule has 0 saturated heterocycles. The Labute approximate surface area is 116 Å². The van der Waals surface area contributed by atoms with Gasteiger partial charge in [-0.2, -0.15) is 0 Å². The Bertz CT molecular complexity index is 364. The molecule has 4 nitrogen and oxygen atoms in total. The second-order valence-electron chi connectivity index (χ2n) is 3.41. The topological polar surface area (TPSA) is 70.5 Å². The Morgan fingerprint density at radius 1 is 1.24 bits per heavy atom. The summed E-state index contributed by atoms with van der Waals surface area (Å²) in [4.78, 5) is 0. The van der Waals surface area contributed by atoms with Crippen molar-refractivity contribution < 1.29 is 9.47 Å². The zero-order valence-corrected chi connectivity index (χ0v) is 12.3. The number of halogens is 2. The molecule has 1 atom stereocenters. The number of hydrogen-bond acceptors (Lipinski definition) is 4. The quantitative estimate of drug-likeness (QED) is 0.871. The van der Waals surface area contributed by atoms with Crippen LogP contribution in [0.15, 0.2) is 16.6 Å². The first-order valence-electron chi connectivity index (χ1n) is 5.01. The van der Waals surface area contributed by atoms with E-state index < -0.39 is 0 Å². The average Bonchev–Trinajstić information content (AvgIpc) is 2.28. The average molecular weight is 326 g/mol. The van der Waals surface area contributed by atoms with E-state index in [2.05, 4.69) is 15.9 Å². The Hall–Kier alpha value is -0.490. The zero-order valence-electron chi connectivity index (χ0n) is 9.90. The summed E-state index contributed by atoms with van der Waals surface area (Å²) in [6, 6.07) is 3.59. The molecule has 0 amide bonds. The fraction of sp³-hybridized carbons (Fsp3) is 0.455. The summed E-state index contributed by atoms with van der Waals surface area (Å²) < 4.78 is 11.4. The van der Waals surface area contributed by atoms with Gasteiger partial charge >= 0.3 is 0 Å². The second-order valence-corrected chi connectivity index (χ2v) is 4.27. The lowest BCUT2D eigenvalue weighted by molar-refractivity contribution is 0.392. The SMILES string of the molecule is COc1cc([C@@H](N)CCN)c(OC)cc1Br.Cl. The van der Waals surface area contributed by atoms with Gasteiger partial charge in [0.25, 0.3) is 0 Å². The summed E-state index contributed by atoms with van der Waals surface area (Å²) in [7, 11) is 3.23. The van der Waals surface area contributed by atoms with Gasteiger partial charge in [-0.1, -0.05) is 0 Å². The highest BCUT2D eigenvalue weighted by atomic mass is 79.9. The second kappa shape index (κ2) is 7.76. The van der Waals surface area contributed by atoms with Crippen molar-refractivity contribution in [1.82, 2.24) is 0 Å². The molecule has 98 valence electrons. The lowest BCUT2D eigenvalue weighted by Gasteiger charge is -2.17. The van der Waals surface area contributed by atoms with Crippen LogP contribution in [0, 0.1) is 0 Å². The van der Waals surface area contributed by atoms with Gasteiger partial charge in [-0.15, -0.1) is 12.4 Å². The van der Waals surface area contributed by atoms with Gasteiger partial charge in [-0.05, 0) is 41.0 Å². The Morgan fingerprint density at radius 3 is 2.29 bits per heavy atom. The first-order chi connectivity index (χ1) is 7.63. The van der Waals surface area contributed by atoms with Crippen LogP contribution in [0.25, 0.3) is 0 Å². The number of benzene rings is 1. The molecule has 6 heteroatoms. The smallest absolute Gasteiger partial charge is 0.133 e. The van der Waals surface area contributed by atoms with Crippen LogP contribution in [0.1, 0.15) is 18.0 Å². The largest absolute Gasteiger partial charge is 0.496 e. The van der Waals surface area contributed by atoms with Gasteiger partial charge in [0, 0.05) is 11.6 Å². The van der Waals surface area contributed by atoms with Crippen molar-refractivity contribution in [3.63, 3.8) is 0 Å². The minimum absolute atomic E-state index is 0. The number of rotatable bonds is 5. The van der Waals surface area contributed by atoms with E-state index in [9.17, 15) is 0 Å². The summed E-state index contributed by atoms with van der Waals surface area (Å²) in [6.45, 7) is 0.544. The van der Waals surface area contributed by atoms with E-state index in [1.54, 1.807) is 14.2 Å². The molecule has 0 aliphatic rings. The maximum Gasteiger partial charge on any atom is 0.133 e. The molecule has 17 heavy (non-hydrogen) atoms. The molecule has 0 spiro atoms. The molecule has 0 fully saturated rings. The van der Waals surface area contributed by atoms with E-state index in [4.69, 9.17) is 20.9 Å². The third kappa shape index (κ3) is 4.03. The summed E-state index contributed by atoms with van der Waals surface area (Å²) in [5, 5.41) is 0. The molecule has 0 saturated carbocycles. The standard InChI is InChI=1S/C11H17BrN2O2.ClH/c1-15-10-6-8(12)11(16-2)5-7(10)9(14)3-4-13;/h5-6,9H,3-4,13-14H2,1-2H3;1H/t9-;/m0./s1. The zero-order chi connectivity index (χ0) is 12.1. The van der Waals surface area contributed by atoms with Crippen LogP contribution in [-0.2, 0) is 0 Å². The van der Waals surface area contributed by atoms with Crippen LogP contribution in [0.2, 0.25) is 0 Å². The Balaban J connectivity index is 0.00000256. The Kier molecular flexibility index (Phi) is 7.54. The van der Waals surface area contributed by atoms with Gasteiger partial charge in [-0.25, -0.2) is 0 Å². The van der Waals surface area contributed by atoms with Crippen LogP contribution < -0.4 is 20.9 Å². The van der Waals surface area contributed by atoms with Gasteiger partial charge in [0.05, 0.1) is 18.7 Å². The van der Waals surface area contributed by atoms with Crippen molar-refractivity contribution >= 4 is 28.3 Å². The maximum atomic E-state index is 6.02. The number of methoxy groups -OCH3 is 2. The first-order valence-corrected chi connectivity index (χ1v) is 5.80. The number of hydrogen-bond donors (Lipinski definition) is 2. The predicted octanol–water partition coefficient (Wildman–Crippen LogP) is 2.24. The van der Waals surface area contributed by atoms with Gasteiger partial charge in [0.1, 0.15) is 11.5 Å². The van der Waals surface area contributed by atoms with Crippen molar-refractivity contribution in [3.05, 3.63) is 22.2 Å². The van der Waals surface area contributed by atoms with Crippen LogP contribution in [-0.4, -0.2) is 20.8 Å². The van der Waals surface area contributed by atoms with Crippen molar-refractivity contribution in [1.29, 1.82) is 0 Å². The van der Waals surface area contributed by atoms with Crippen LogP contribution in [0.4, 0.5) is 0 Å². The van der Waals surface area contributed by atoms with E-state index in [0.29, 0.717) is 13.0 Å². The first kappa shape index (κ1) is 16.5. The lowest BCUT2D eigenvalue weighted by Crippen LogP contribution is -2.16. The van der Waals surface area contributed by atoms with E-state index in [0.717, 1.165) is 21.5 Å². The van der Waals surface area contributed by atoms with E-state index in [1.807, 2.05) is 12.1 Å². The van der Waals surface area contributed by atoms with Crippen molar-refractivity contribution in [2.75, 3.05) is 20.8 Å². The Morgan fingerprint density at radius 2 is 1.82 bits per heavy atom. The monoisotopic (exact) mass is 324 g/mol. The highest BCUT2D eigenvalue weighted by molar-refractivity contribution is 9.10. The number of ether oxygens (including phenoxy) is 2. The van der Waals surface area contributed by atoms with Crippen molar-refractivity contribution in [2.24, 2.45) is 11.5 Å². The summed E-state index contributed by atoms with van der Waals surface area (Å²) in [5.41, 5.74) is 12.4. The third-order valence-corrected chi connectivity index (χ3v) is 3.00. The van der Waals surface area contributed by atoms with Gasteiger partial charge < -0.3 is 20.9 Å². The predicted molar refractivity (Wildman–Crippen MR) is 75.1 cm³/mol. The van der Waals surface area contributed by atoms with Crippen molar-refractivity contribution in [3.8, 4) is 11.5 Å². The highest BCUT2D eigenvalue weighted by Crippen LogP contribution is 2.35. The molecule has 1 rings (SSSR count). The molecule has 1 aromatic carbocycles. The van der Waals surface area contributed by atoms with Crippen molar-refractivity contribution in [2.45, 2.75) is 12.5 Å². The molecular weight excluding hydrogens is 307 g/mol. The molecule has 0 bridgehead atoms. The molecule has 1 aromatic rings. The molecule has 0 heterocycles. The van der Waals surface area contributed by atoms with Crippen LogP contribution >= 0.6 is 28.3 Å². The molecule has 0 aliphatic heterocycles. The van der Waals surface area contributed by atoms with Gasteiger partial charge in [-0.3, -0.25) is 0 Å². The third-order valence-electron chi connectivity index (χ3n) is 2.38. The molecular formula is C11H18BrClN2O2. The van der Waals surface area contributed by atoms with E-state index in [-0.39, 0.29) is 18.4 Å². The van der Waals surface area contributed by atoms with Crippen LogP contribution in [0.5, 0.6) is 11.5 Å². The molecule has 4 N–H and O–H groups in total. The highest BCUT2D eigenvalue weighted by Gasteiger charge is 2.15. The summed E-state index contributed by atoms with van der Waals surface area (Å²) in [6.07, 6.45) is 0.709. The molecule has 0 aliphatic carbocycles. The minimum atomic E-state index is -0.137. The number of nitrogens with two attached hydrogens (primary N) is 2. The van der Waals surface area contributed by atoms with E-state index in [1.165, 1.54) is 0 Å². The molecule has 0 unspecified atom stereocenters. The molecule has 0 aromatic heterocycles. The normalized spacial score (nSPS) is 11.6. The summed E-state index contributed by atoms with van der Waals surface area (Å²) in [5.74, 6) is 1.48. The van der Waals surface area contributed by atoms with E-state index >= 15 is 0 Å². The lowest BCUT2D eigenvalue weighted by atomic mass is 10.0. The van der Waals surface area contributed by atoms with Gasteiger partial charge in [0.2, 0.25) is 0 Å². The minimum Gasteiger partial charge on any atom is -0.496 e. The maximum absolute atomic E-state index is 6.02. The molecule has 0 radical (unpaired) electrons. The summed E-state index contributed by atoms with van der Waals surface area (Å²) >= 11 is 3.40. The fourth-order valence-corrected chi connectivity index (χ4v) is 1.99. The van der Waals surface area contributed by atoms with Crippen LogP contribution in [0.3, 0.4) is 0 Å². The van der Waals surface area contributed by atoms with Gasteiger partial charge in [0.15, 0.2) is 0 Å². The fourth-order valence-electron chi connectivity index (χ4n) is 1.51.